The summed E-state index contributed by atoms with van der Waals surface area (Å²) < 4.78 is 0.656. The molecule has 0 saturated carbocycles. The Morgan fingerprint density at radius 1 is 1.40 bits per heavy atom. The average molecular weight is 339 g/mol. The molecule has 1 aromatic rings. The van der Waals surface area contributed by atoms with Crippen LogP contribution >= 0.6 is 15.9 Å². The standard InChI is InChI=1S/C15H19BrN2O2/c1-10-8-17-6-2-3-12(17)9-18(10)11-4-5-13(15(19)20)14(16)7-11/h4-5,7,10,12H,2-3,6,8-9H2,1H3,(H,19,20). The van der Waals surface area contributed by atoms with Gasteiger partial charge in [-0.15, -0.1) is 0 Å². The van der Waals surface area contributed by atoms with Crippen molar-refractivity contribution < 1.29 is 9.90 Å². The molecule has 2 aliphatic heterocycles. The molecule has 1 N–H and O–H groups in total. The molecule has 108 valence electrons. The zero-order chi connectivity index (χ0) is 14.3. The van der Waals surface area contributed by atoms with Crippen LogP contribution in [0.2, 0.25) is 0 Å². The molecule has 2 atom stereocenters. The van der Waals surface area contributed by atoms with Gasteiger partial charge < -0.3 is 10.0 Å². The van der Waals surface area contributed by atoms with E-state index in [2.05, 4.69) is 32.7 Å². The quantitative estimate of drug-likeness (QED) is 0.900. The van der Waals surface area contributed by atoms with Gasteiger partial charge in [0.25, 0.3) is 0 Å². The summed E-state index contributed by atoms with van der Waals surface area (Å²) in [5, 5.41) is 9.09. The number of halogens is 1. The van der Waals surface area contributed by atoms with E-state index in [9.17, 15) is 4.79 Å². The van der Waals surface area contributed by atoms with Crippen molar-refractivity contribution in [1.29, 1.82) is 0 Å². The molecule has 4 nitrogen and oxygen atoms in total. The normalized spacial score (nSPS) is 26.6. The van der Waals surface area contributed by atoms with E-state index >= 15 is 0 Å². The molecule has 0 spiro atoms. The molecule has 2 aliphatic rings. The van der Waals surface area contributed by atoms with Crippen LogP contribution in [-0.4, -0.2) is 47.7 Å². The van der Waals surface area contributed by atoms with Crippen LogP contribution in [0.4, 0.5) is 5.69 Å². The Kier molecular flexibility index (Phi) is 3.73. The maximum absolute atomic E-state index is 11.1. The number of carbonyl (C=O) groups is 1. The number of fused-ring (bicyclic) bond motifs is 1. The molecule has 0 radical (unpaired) electrons. The third-order valence-corrected chi connectivity index (χ3v) is 5.11. The molecule has 1 aromatic carbocycles. The second-order valence-corrected chi connectivity index (χ2v) is 6.62. The van der Waals surface area contributed by atoms with Crippen molar-refractivity contribution in [3.05, 3.63) is 28.2 Å². The number of piperazine rings is 1. The molecule has 2 saturated heterocycles. The fourth-order valence-electron chi connectivity index (χ4n) is 3.40. The number of rotatable bonds is 2. The van der Waals surface area contributed by atoms with Crippen molar-refractivity contribution in [2.24, 2.45) is 0 Å². The second-order valence-electron chi connectivity index (χ2n) is 5.76. The van der Waals surface area contributed by atoms with Gasteiger partial charge in [-0.05, 0) is 60.4 Å². The highest BCUT2D eigenvalue weighted by Crippen LogP contribution is 2.31. The van der Waals surface area contributed by atoms with Crippen LogP contribution in [0.25, 0.3) is 0 Å². The number of benzene rings is 1. The number of carboxylic acids is 1. The first-order valence-corrected chi connectivity index (χ1v) is 7.89. The largest absolute Gasteiger partial charge is 0.478 e. The first-order valence-electron chi connectivity index (χ1n) is 7.10. The number of anilines is 1. The molecule has 20 heavy (non-hydrogen) atoms. The predicted molar refractivity (Wildman–Crippen MR) is 82.5 cm³/mol. The van der Waals surface area contributed by atoms with E-state index in [0.717, 1.165) is 18.8 Å². The Morgan fingerprint density at radius 3 is 2.90 bits per heavy atom. The van der Waals surface area contributed by atoms with E-state index in [-0.39, 0.29) is 0 Å². The summed E-state index contributed by atoms with van der Waals surface area (Å²) in [5.41, 5.74) is 1.43. The van der Waals surface area contributed by atoms with Gasteiger partial charge >= 0.3 is 5.97 Å². The lowest BCUT2D eigenvalue weighted by molar-refractivity contribution is 0.0696. The van der Waals surface area contributed by atoms with E-state index < -0.39 is 5.97 Å². The molecule has 2 fully saturated rings. The van der Waals surface area contributed by atoms with Crippen molar-refractivity contribution >= 4 is 27.6 Å². The fraction of sp³-hybridized carbons (Fsp3) is 0.533. The lowest BCUT2D eigenvalue weighted by atomic mass is 10.1. The van der Waals surface area contributed by atoms with Crippen LogP contribution < -0.4 is 4.90 Å². The molecule has 2 unspecified atom stereocenters. The zero-order valence-corrected chi connectivity index (χ0v) is 13.1. The van der Waals surface area contributed by atoms with Gasteiger partial charge in [0.05, 0.1) is 5.56 Å². The summed E-state index contributed by atoms with van der Waals surface area (Å²) in [6.45, 7) is 5.61. The highest BCUT2D eigenvalue weighted by atomic mass is 79.9. The van der Waals surface area contributed by atoms with Crippen LogP contribution in [0.5, 0.6) is 0 Å². The van der Waals surface area contributed by atoms with E-state index in [1.807, 2.05) is 12.1 Å². The summed E-state index contributed by atoms with van der Waals surface area (Å²) in [6, 6.07) is 6.67. The van der Waals surface area contributed by atoms with Gasteiger partial charge in [-0.3, -0.25) is 4.90 Å². The molecule has 0 amide bonds. The number of carboxylic acid groups (broad SMARTS) is 1. The van der Waals surface area contributed by atoms with E-state index in [1.54, 1.807) is 6.07 Å². The lowest BCUT2D eigenvalue weighted by Crippen LogP contribution is -2.55. The minimum atomic E-state index is -0.892. The Morgan fingerprint density at radius 2 is 2.20 bits per heavy atom. The minimum Gasteiger partial charge on any atom is -0.478 e. The van der Waals surface area contributed by atoms with Crippen molar-refractivity contribution in [3.63, 3.8) is 0 Å². The van der Waals surface area contributed by atoms with Crippen LogP contribution in [0.3, 0.4) is 0 Å². The SMILES string of the molecule is CC1CN2CCCC2CN1c1ccc(C(=O)O)c(Br)c1. The van der Waals surface area contributed by atoms with Gasteiger partial charge in [0.2, 0.25) is 0 Å². The maximum Gasteiger partial charge on any atom is 0.336 e. The minimum absolute atomic E-state index is 0.320. The summed E-state index contributed by atoms with van der Waals surface area (Å²) >= 11 is 3.37. The Labute approximate surface area is 127 Å². The van der Waals surface area contributed by atoms with Crippen LogP contribution in [0.1, 0.15) is 30.1 Å². The van der Waals surface area contributed by atoms with Crippen molar-refractivity contribution in [1.82, 2.24) is 4.90 Å². The van der Waals surface area contributed by atoms with Crippen molar-refractivity contribution in [2.45, 2.75) is 31.8 Å². The number of nitrogens with zero attached hydrogens (tertiary/aromatic N) is 2. The topological polar surface area (TPSA) is 43.8 Å². The van der Waals surface area contributed by atoms with Crippen molar-refractivity contribution in [3.8, 4) is 0 Å². The monoisotopic (exact) mass is 338 g/mol. The van der Waals surface area contributed by atoms with Crippen molar-refractivity contribution in [2.75, 3.05) is 24.5 Å². The summed E-state index contributed by atoms with van der Waals surface area (Å²) in [6.07, 6.45) is 2.57. The molecular weight excluding hydrogens is 320 g/mol. The van der Waals surface area contributed by atoms with Crippen LogP contribution in [0.15, 0.2) is 22.7 Å². The Hall–Kier alpha value is -1.07. The fourth-order valence-corrected chi connectivity index (χ4v) is 3.94. The lowest BCUT2D eigenvalue weighted by Gasteiger charge is -2.43. The average Bonchev–Trinajstić information content (AvgIpc) is 2.84. The van der Waals surface area contributed by atoms with Gasteiger partial charge in [-0.1, -0.05) is 0 Å². The second kappa shape index (κ2) is 5.37. The molecule has 2 heterocycles. The zero-order valence-electron chi connectivity index (χ0n) is 11.6. The highest BCUT2D eigenvalue weighted by molar-refractivity contribution is 9.10. The molecule has 0 aromatic heterocycles. The highest BCUT2D eigenvalue weighted by Gasteiger charge is 2.34. The molecule has 3 rings (SSSR count). The van der Waals surface area contributed by atoms with E-state index in [4.69, 9.17) is 5.11 Å². The predicted octanol–water partition coefficient (Wildman–Crippen LogP) is 2.82. The van der Waals surface area contributed by atoms with Gasteiger partial charge in [0, 0.05) is 35.3 Å². The smallest absolute Gasteiger partial charge is 0.336 e. The van der Waals surface area contributed by atoms with Gasteiger partial charge in [-0.2, -0.15) is 0 Å². The van der Waals surface area contributed by atoms with Crippen LogP contribution in [0, 0.1) is 0 Å². The third-order valence-electron chi connectivity index (χ3n) is 4.45. The van der Waals surface area contributed by atoms with E-state index in [0.29, 0.717) is 22.1 Å². The molecule has 0 bridgehead atoms. The van der Waals surface area contributed by atoms with Gasteiger partial charge in [0.1, 0.15) is 0 Å². The Balaban J connectivity index is 1.85. The first kappa shape index (κ1) is 13.9. The summed E-state index contributed by atoms with van der Waals surface area (Å²) in [4.78, 5) is 16.1. The summed E-state index contributed by atoms with van der Waals surface area (Å²) in [5.74, 6) is -0.892. The number of aromatic carboxylic acids is 1. The number of hydrogen-bond acceptors (Lipinski definition) is 3. The Bertz CT molecular complexity index is 535. The molecule has 5 heteroatoms. The summed E-state index contributed by atoms with van der Waals surface area (Å²) in [7, 11) is 0. The van der Waals surface area contributed by atoms with Gasteiger partial charge in [-0.25, -0.2) is 4.79 Å². The van der Waals surface area contributed by atoms with Crippen LogP contribution in [-0.2, 0) is 0 Å². The maximum atomic E-state index is 11.1. The van der Waals surface area contributed by atoms with Gasteiger partial charge in [0.15, 0.2) is 0 Å². The van der Waals surface area contributed by atoms with E-state index in [1.165, 1.54) is 19.4 Å². The first-order chi connectivity index (χ1) is 9.56. The third kappa shape index (κ3) is 2.44. The molecule has 0 aliphatic carbocycles. The number of hydrogen-bond donors (Lipinski definition) is 1. The molecular formula is C15H19BrN2O2.